The maximum atomic E-state index is 12.9. The highest BCUT2D eigenvalue weighted by Gasteiger charge is 2.49. The molecule has 1 atom stereocenters. The normalized spacial score (nSPS) is 19.7. The van der Waals surface area contributed by atoms with E-state index in [2.05, 4.69) is 87.8 Å². The van der Waals surface area contributed by atoms with Gasteiger partial charge in [-0.2, -0.15) is 9.64 Å². The average molecular weight is 586 g/mol. The van der Waals surface area contributed by atoms with Gasteiger partial charge in [0.25, 0.3) is 10.0 Å². The number of hydrogen-bond donors (Lipinski definition) is 2. The summed E-state index contributed by atoms with van der Waals surface area (Å²) in [6.07, 6.45) is 3.82. The predicted molar refractivity (Wildman–Crippen MR) is 159 cm³/mol. The molecule has 0 saturated carbocycles. The van der Waals surface area contributed by atoms with Crippen molar-refractivity contribution in [1.82, 2.24) is 14.7 Å². The lowest BCUT2D eigenvalue weighted by Crippen LogP contribution is -2.46. The van der Waals surface area contributed by atoms with Gasteiger partial charge in [0.1, 0.15) is 24.3 Å². The van der Waals surface area contributed by atoms with Crippen molar-refractivity contribution in [3.05, 3.63) is 101 Å². The van der Waals surface area contributed by atoms with Crippen molar-refractivity contribution < 1.29 is 13.2 Å². The van der Waals surface area contributed by atoms with Crippen LogP contribution in [0.25, 0.3) is 0 Å². The van der Waals surface area contributed by atoms with Crippen molar-refractivity contribution in [1.29, 1.82) is 5.26 Å². The molecule has 0 fully saturated rings. The van der Waals surface area contributed by atoms with Gasteiger partial charge in [0.05, 0.1) is 10.5 Å². The van der Waals surface area contributed by atoms with E-state index in [1.54, 1.807) is 6.07 Å². The quantitative estimate of drug-likeness (QED) is 0.250. The summed E-state index contributed by atoms with van der Waals surface area (Å²) in [6.45, 7) is 4.77. The van der Waals surface area contributed by atoms with Gasteiger partial charge in [-0.3, -0.25) is 4.72 Å². The van der Waals surface area contributed by atoms with Gasteiger partial charge in [-0.15, -0.1) is 0 Å². The van der Waals surface area contributed by atoms with Gasteiger partial charge >= 0.3 is 0 Å². The molecule has 8 nitrogen and oxygen atoms in total. The SMILES string of the molecule is CC(C)NCC(CC12CCC(c3ccccc31)c1ccccc12)Oc1ccc(S(=O)(=O)Nc2ncns2)cc1C#N. The standard InChI is InChI=1S/C31H31N5O3S2/c1-20(2)33-18-22(39-29-12-11-23(15-21(29)17-32)41(37,38)36-30-34-19-35-40-30)16-31-14-13-24(25-7-3-5-9-27(25)31)26-8-4-6-10-28(26)31/h3-12,15,19-20,22,24,33H,13-14,16,18H2,1-2H3,(H,34,35,36). The van der Waals surface area contributed by atoms with E-state index in [4.69, 9.17) is 4.74 Å². The largest absolute Gasteiger partial charge is 0.488 e. The second-order valence-corrected chi connectivity index (χ2v) is 13.4. The van der Waals surface area contributed by atoms with Crippen LogP contribution < -0.4 is 14.8 Å². The van der Waals surface area contributed by atoms with Crippen LogP contribution in [0.1, 0.15) is 66.8 Å². The summed E-state index contributed by atoms with van der Waals surface area (Å²) in [5.74, 6) is 0.770. The van der Waals surface area contributed by atoms with Crippen LogP contribution in [0.5, 0.6) is 5.75 Å². The highest BCUT2D eigenvalue weighted by atomic mass is 32.2. The van der Waals surface area contributed by atoms with E-state index in [9.17, 15) is 13.7 Å². The smallest absolute Gasteiger partial charge is 0.263 e. The summed E-state index contributed by atoms with van der Waals surface area (Å²) in [5.41, 5.74) is 5.44. The minimum absolute atomic E-state index is 0.0412. The second kappa shape index (κ2) is 10.9. The van der Waals surface area contributed by atoms with Crippen molar-refractivity contribution >= 4 is 26.7 Å². The number of rotatable bonds is 10. The predicted octanol–water partition coefficient (Wildman–Crippen LogP) is 5.57. The summed E-state index contributed by atoms with van der Waals surface area (Å²) in [6, 6.07) is 24.3. The Morgan fingerprint density at radius 3 is 2.44 bits per heavy atom. The first-order valence-electron chi connectivity index (χ1n) is 13.7. The van der Waals surface area contributed by atoms with Crippen LogP contribution in [0.3, 0.4) is 0 Å². The Kier molecular flexibility index (Phi) is 7.28. The van der Waals surface area contributed by atoms with E-state index >= 15 is 0 Å². The number of hydrogen-bond acceptors (Lipinski definition) is 8. The van der Waals surface area contributed by atoms with Crippen LogP contribution in [0.2, 0.25) is 0 Å². The molecule has 210 valence electrons. The third-order valence-corrected chi connectivity index (χ3v) is 10.2. The number of benzene rings is 3. The molecule has 7 rings (SSSR count). The lowest BCUT2D eigenvalue weighted by molar-refractivity contribution is 0.147. The zero-order valence-electron chi connectivity index (χ0n) is 22.9. The summed E-state index contributed by atoms with van der Waals surface area (Å²) < 4.78 is 38.7. The molecule has 1 aromatic heterocycles. The van der Waals surface area contributed by atoms with Gasteiger partial charge < -0.3 is 10.1 Å². The molecule has 0 spiro atoms. The third kappa shape index (κ3) is 5.10. The fourth-order valence-corrected chi connectivity index (χ4v) is 8.12. The molecule has 1 heterocycles. The molecule has 2 bridgehead atoms. The molecular formula is C31H31N5O3S2. The van der Waals surface area contributed by atoms with Crippen LogP contribution in [-0.2, 0) is 15.4 Å². The Morgan fingerprint density at radius 2 is 1.80 bits per heavy atom. The van der Waals surface area contributed by atoms with Crippen LogP contribution >= 0.6 is 11.5 Å². The Hall–Kier alpha value is -3.78. The maximum Gasteiger partial charge on any atom is 0.263 e. The first-order chi connectivity index (χ1) is 19.8. The number of aromatic nitrogens is 2. The van der Waals surface area contributed by atoms with E-state index in [0.717, 1.165) is 30.8 Å². The molecule has 0 saturated heterocycles. The minimum Gasteiger partial charge on any atom is -0.488 e. The topological polar surface area (TPSA) is 117 Å². The van der Waals surface area contributed by atoms with E-state index in [0.29, 0.717) is 18.2 Å². The molecule has 3 aromatic carbocycles. The molecule has 1 unspecified atom stereocenters. The summed E-state index contributed by atoms with van der Waals surface area (Å²) in [5, 5.41) is 13.7. The number of anilines is 1. The number of nitrogens with one attached hydrogen (secondary N) is 2. The minimum atomic E-state index is -3.94. The van der Waals surface area contributed by atoms with Crippen LogP contribution in [0.4, 0.5) is 5.13 Å². The number of nitriles is 1. The average Bonchev–Trinajstić information content (AvgIpc) is 3.49. The van der Waals surface area contributed by atoms with Crippen molar-refractivity contribution in [3.63, 3.8) is 0 Å². The molecule has 41 heavy (non-hydrogen) atoms. The number of fused-ring (bicyclic) bond motifs is 1. The fraction of sp³-hybridized carbons (Fsp3) is 0.323. The van der Waals surface area contributed by atoms with Gasteiger partial charge in [-0.05, 0) is 59.7 Å². The van der Waals surface area contributed by atoms with Gasteiger partial charge in [-0.25, -0.2) is 13.4 Å². The molecule has 0 amide bonds. The monoisotopic (exact) mass is 585 g/mol. The molecule has 0 aliphatic heterocycles. The zero-order chi connectivity index (χ0) is 28.6. The zero-order valence-corrected chi connectivity index (χ0v) is 24.5. The molecule has 3 aliphatic rings. The van der Waals surface area contributed by atoms with Gasteiger partial charge in [0.2, 0.25) is 5.13 Å². The number of ether oxygens (including phenoxy) is 1. The second-order valence-electron chi connectivity index (χ2n) is 11.0. The van der Waals surface area contributed by atoms with Gasteiger partial charge in [-0.1, -0.05) is 62.4 Å². The number of sulfonamides is 1. The Balaban J connectivity index is 1.35. The summed E-state index contributed by atoms with van der Waals surface area (Å²) in [4.78, 5) is 3.85. The van der Waals surface area contributed by atoms with Crippen LogP contribution in [0.15, 0.2) is 78.0 Å². The Morgan fingerprint density at radius 1 is 1.10 bits per heavy atom. The summed E-state index contributed by atoms with van der Waals surface area (Å²) >= 11 is 0.937. The number of nitrogens with zero attached hydrogens (tertiary/aromatic N) is 3. The Bertz CT molecular complexity index is 1670. The molecule has 0 radical (unpaired) electrons. The maximum absolute atomic E-state index is 12.9. The molecule has 3 aliphatic carbocycles. The molecule has 2 N–H and O–H groups in total. The van der Waals surface area contributed by atoms with Crippen molar-refractivity contribution in [2.45, 2.75) is 61.5 Å². The van der Waals surface area contributed by atoms with E-state index in [-0.39, 0.29) is 33.2 Å². The summed E-state index contributed by atoms with van der Waals surface area (Å²) in [7, 11) is -3.94. The Labute approximate surface area is 244 Å². The lowest BCUT2D eigenvalue weighted by Gasteiger charge is -2.50. The molecule has 10 heteroatoms. The molecule has 4 aromatic rings. The highest BCUT2D eigenvalue weighted by molar-refractivity contribution is 7.93. The highest BCUT2D eigenvalue weighted by Crippen LogP contribution is 2.58. The van der Waals surface area contributed by atoms with E-state index in [1.807, 2.05) is 0 Å². The van der Waals surface area contributed by atoms with Crippen LogP contribution in [0, 0.1) is 11.3 Å². The first kappa shape index (κ1) is 27.4. The lowest BCUT2D eigenvalue weighted by atomic mass is 9.53. The van der Waals surface area contributed by atoms with Gasteiger partial charge in [0.15, 0.2) is 0 Å². The first-order valence-corrected chi connectivity index (χ1v) is 16.0. The van der Waals surface area contributed by atoms with E-state index in [1.165, 1.54) is 40.7 Å². The van der Waals surface area contributed by atoms with Crippen molar-refractivity contribution in [2.75, 3.05) is 11.3 Å². The van der Waals surface area contributed by atoms with Crippen molar-refractivity contribution in [3.8, 4) is 11.8 Å². The van der Waals surface area contributed by atoms with E-state index < -0.39 is 10.0 Å². The molecular weight excluding hydrogens is 555 g/mol. The third-order valence-electron chi connectivity index (χ3n) is 8.15. The van der Waals surface area contributed by atoms with Crippen LogP contribution in [-0.4, -0.2) is 36.5 Å². The fourth-order valence-electron chi connectivity index (χ4n) is 6.43. The van der Waals surface area contributed by atoms with Gasteiger partial charge in [0, 0.05) is 35.5 Å². The van der Waals surface area contributed by atoms with Crippen molar-refractivity contribution in [2.24, 2.45) is 0 Å².